The lowest BCUT2D eigenvalue weighted by atomic mass is 10.2. The lowest BCUT2D eigenvalue weighted by Crippen LogP contribution is -2.50. The zero-order valence-electron chi connectivity index (χ0n) is 18.4. The molecular weight excluding hydrogens is 432 g/mol. The third kappa shape index (κ3) is 4.73. The van der Waals surface area contributed by atoms with Gasteiger partial charge in [-0.25, -0.2) is 4.98 Å². The number of piperazine rings is 1. The van der Waals surface area contributed by atoms with Gasteiger partial charge in [-0.2, -0.15) is 0 Å². The van der Waals surface area contributed by atoms with Gasteiger partial charge in [0.15, 0.2) is 5.82 Å². The van der Waals surface area contributed by atoms with E-state index >= 15 is 0 Å². The average Bonchev–Trinajstić information content (AvgIpc) is 3.30. The maximum Gasteiger partial charge on any atom is 0.262 e. The van der Waals surface area contributed by atoms with E-state index < -0.39 is 0 Å². The van der Waals surface area contributed by atoms with Crippen LogP contribution < -0.4 is 10.9 Å². The molecule has 0 radical (unpaired) electrons. The molecule has 0 bridgehead atoms. The molecule has 1 saturated heterocycles. The van der Waals surface area contributed by atoms with Crippen LogP contribution >= 0.6 is 11.3 Å². The Morgan fingerprint density at radius 3 is 2.62 bits per heavy atom. The summed E-state index contributed by atoms with van der Waals surface area (Å²) in [6.07, 6.45) is 1.77. The first-order valence-electron chi connectivity index (χ1n) is 10.5. The van der Waals surface area contributed by atoms with Crippen LogP contribution in [0.4, 0.5) is 5.82 Å². The van der Waals surface area contributed by atoms with E-state index in [4.69, 9.17) is 4.52 Å². The molecule has 3 aromatic rings. The highest BCUT2D eigenvalue weighted by molar-refractivity contribution is 7.18. The number of rotatable bonds is 6. The fourth-order valence-electron chi connectivity index (χ4n) is 3.77. The topological polar surface area (TPSA) is 114 Å². The number of anilines is 1. The molecule has 2 amide bonds. The monoisotopic (exact) mass is 458 g/mol. The van der Waals surface area contributed by atoms with Gasteiger partial charge in [0.2, 0.25) is 11.8 Å². The molecule has 0 unspecified atom stereocenters. The van der Waals surface area contributed by atoms with E-state index in [1.165, 1.54) is 22.2 Å². The number of hydrogen-bond acceptors (Lipinski definition) is 8. The molecule has 10 nitrogen and oxygen atoms in total. The van der Waals surface area contributed by atoms with Crippen molar-refractivity contribution in [3.63, 3.8) is 0 Å². The van der Waals surface area contributed by atoms with E-state index in [2.05, 4.69) is 15.5 Å². The molecule has 4 rings (SSSR count). The Hall–Kier alpha value is -3.05. The first kappa shape index (κ1) is 22.2. The van der Waals surface area contributed by atoms with E-state index in [9.17, 15) is 14.4 Å². The molecule has 170 valence electrons. The summed E-state index contributed by atoms with van der Waals surface area (Å²) in [5.41, 5.74) is 0.866. The zero-order chi connectivity index (χ0) is 22.8. The van der Waals surface area contributed by atoms with Gasteiger partial charge in [-0.05, 0) is 26.3 Å². The molecule has 1 N–H and O–H groups in total. The molecule has 1 fully saturated rings. The van der Waals surface area contributed by atoms with E-state index in [0.717, 1.165) is 15.3 Å². The van der Waals surface area contributed by atoms with Gasteiger partial charge >= 0.3 is 0 Å². The van der Waals surface area contributed by atoms with Gasteiger partial charge in [-0.15, -0.1) is 11.3 Å². The lowest BCUT2D eigenvalue weighted by Gasteiger charge is -2.34. The Kier molecular flexibility index (Phi) is 6.38. The minimum atomic E-state index is -0.167. The number of aromatic nitrogens is 3. The molecule has 11 heteroatoms. The first-order valence-corrected chi connectivity index (χ1v) is 11.3. The molecule has 0 aliphatic carbocycles. The molecule has 4 heterocycles. The number of carbonyl (C=O) groups is 2. The Labute approximate surface area is 188 Å². The van der Waals surface area contributed by atoms with Gasteiger partial charge < -0.3 is 14.7 Å². The van der Waals surface area contributed by atoms with Crippen molar-refractivity contribution in [2.45, 2.75) is 33.7 Å². The normalized spacial score (nSPS) is 14.8. The molecule has 0 spiro atoms. The second-order valence-corrected chi connectivity index (χ2v) is 9.19. The number of hydrogen-bond donors (Lipinski definition) is 1. The van der Waals surface area contributed by atoms with Gasteiger partial charge in [0.25, 0.3) is 5.56 Å². The largest absolute Gasteiger partial charge is 0.360 e. The molecule has 32 heavy (non-hydrogen) atoms. The van der Waals surface area contributed by atoms with Gasteiger partial charge in [-0.3, -0.25) is 23.9 Å². The maximum atomic E-state index is 12.8. The Bertz CT molecular complexity index is 1200. The van der Waals surface area contributed by atoms with Crippen molar-refractivity contribution in [1.82, 2.24) is 24.5 Å². The second-order valence-electron chi connectivity index (χ2n) is 7.98. The maximum absolute atomic E-state index is 12.8. The highest BCUT2D eigenvalue weighted by atomic mass is 32.1. The Morgan fingerprint density at radius 1 is 1.19 bits per heavy atom. The summed E-state index contributed by atoms with van der Waals surface area (Å²) < 4.78 is 6.46. The van der Waals surface area contributed by atoms with Crippen LogP contribution in [0.5, 0.6) is 0 Å². The van der Waals surface area contributed by atoms with Crippen molar-refractivity contribution in [2.24, 2.45) is 0 Å². The summed E-state index contributed by atoms with van der Waals surface area (Å²) in [4.78, 5) is 47.6. The Balaban J connectivity index is 1.26. The van der Waals surface area contributed by atoms with Crippen molar-refractivity contribution >= 4 is 39.2 Å². The number of thiophene rings is 1. The molecular formula is C21H26N6O4S. The second kappa shape index (κ2) is 9.21. The van der Waals surface area contributed by atoms with Crippen molar-refractivity contribution in [3.05, 3.63) is 38.9 Å². The van der Waals surface area contributed by atoms with Crippen LogP contribution in [0.15, 0.2) is 21.7 Å². The summed E-state index contributed by atoms with van der Waals surface area (Å²) in [6, 6.07) is 1.66. The number of carbonyl (C=O) groups excluding carboxylic acids is 2. The van der Waals surface area contributed by atoms with Crippen LogP contribution in [0.1, 0.15) is 22.6 Å². The number of nitrogens with zero attached hydrogens (tertiary/aromatic N) is 5. The number of nitrogens with one attached hydrogen (secondary N) is 1. The smallest absolute Gasteiger partial charge is 0.262 e. The minimum absolute atomic E-state index is 0.00241. The summed E-state index contributed by atoms with van der Waals surface area (Å²) in [7, 11) is 0. The average molecular weight is 459 g/mol. The van der Waals surface area contributed by atoms with Crippen molar-refractivity contribution in [3.8, 4) is 0 Å². The predicted molar refractivity (Wildman–Crippen MR) is 121 cm³/mol. The standard InChI is InChI=1S/C21H26N6O4S/c1-13-10-16(24-31-13)23-17(28)11-25-6-8-26(9-7-25)18(29)4-5-27-12-22-20-19(21(27)30)14(2)15(3)32-20/h10,12H,4-9,11H2,1-3H3,(H,23,24,28). The van der Waals surface area contributed by atoms with Crippen LogP contribution in [0.25, 0.3) is 10.2 Å². The highest BCUT2D eigenvalue weighted by Gasteiger charge is 2.23. The van der Waals surface area contributed by atoms with E-state index in [1.807, 2.05) is 18.7 Å². The lowest BCUT2D eigenvalue weighted by molar-refractivity contribution is -0.133. The SMILES string of the molecule is Cc1cc(NC(=O)CN2CCN(C(=O)CCn3cnc4sc(C)c(C)c4c3=O)CC2)no1. The highest BCUT2D eigenvalue weighted by Crippen LogP contribution is 2.25. The van der Waals surface area contributed by atoms with Crippen molar-refractivity contribution < 1.29 is 14.1 Å². The summed E-state index contributed by atoms with van der Waals surface area (Å²) in [5.74, 6) is 0.861. The number of amides is 2. The molecule has 0 saturated carbocycles. The molecule has 0 atom stereocenters. The van der Waals surface area contributed by atoms with Gasteiger partial charge in [-0.1, -0.05) is 5.16 Å². The van der Waals surface area contributed by atoms with Crippen LogP contribution in [0.3, 0.4) is 0 Å². The van der Waals surface area contributed by atoms with Crippen LogP contribution in [-0.2, 0) is 16.1 Å². The minimum Gasteiger partial charge on any atom is -0.360 e. The number of aryl methyl sites for hydroxylation is 4. The van der Waals surface area contributed by atoms with Gasteiger partial charge in [0.1, 0.15) is 10.6 Å². The van der Waals surface area contributed by atoms with Crippen LogP contribution in [0, 0.1) is 20.8 Å². The van der Waals surface area contributed by atoms with Crippen molar-refractivity contribution in [2.75, 3.05) is 38.0 Å². The van der Waals surface area contributed by atoms with E-state index in [1.54, 1.807) is 17.9 Å². The fraction of sp³-hybridized carbons (Fsp3) is 0.476. The third-order valence-corrected chi connectivity index (χ3v) is 6.83. The molecule has 1 aliphatic heterocycles. The fourth-order valence-corrected chi connectivity index (χ4v) is 4.76. The summed E-state index contributed by atoms with van der Waals surface area (Å²) >= 11 is 1.51. The molecule has 3 aromatic heterocycles. The summed E-state index contributed by atoms with van der Waals surface area (Å²) in [5, 5.41) is 7.10. The van der Waals surface area contributed by atoms with E-state index in [-0.39, 0.29) is 30.3 Å². The Morgan fingerprint density at radius 2 is 1.94 bits per heavy atom. The summed E-state index contributed by atoms with van der Waals surface area (Å²) in [6.45, 7) is 8.51. The van der Waals surface area contributed by atoms with Crippen LogP contribution in [0.2, 0.25) is 0 Å². The van der Waals surface area contributed by atoms with Gasteiger partial charge in [0, 0.05) is 50.1 Å². The quantitative estimate of drug-likeness (QED) is 0.596. The number of fused-ring (bicyclic) bond motifs is 1. The third-order valence-electron chi connectivity index (χ3n) is 5.71. The molecule has 1 aliphatic rings. The zero-order valence-corrected chi connectivity index (χ0v) is 19.2. The first-order chi connectivity index (χ1) is 15.3. The van der Waals surface area contributed by atoms with Crippen molar-refractivity contribution in [1.29, 1.82) is 0 Å². The van der Waals surface area contributed by atoms with E-state index in [0.29, 0.717) is 49.7 Å². The predicted octanol–water partition coefficient (Wildman–Crippen LogP) is 1.54. The molecule has 0 aromatic carbocycles. The van der Waals surface area contributed by atoms with Crippen LogP contribution in [-0.4, -0.2) is 69.0 Å². The van der Waals surface area contributed by atoms with Gasteiger partial charge in [0.05, 0.1) is 18.3 Å².